The molecular formula is C12H24N2O3. The summed E-state index contributed by atoms with van der Waals surface area (Å²) < 4.78 is 0. The van der Waals surface area contributed by atoms with Crippen molar-refractivity contribution in [2.75, 3.05) is 6.54 Å². The lowest BCUT2D eigenvalue weighted by molar-refractivity contribution is -0.148. The number of hydrogen-bond acceptors (Lipinski definition) is 3. The number of rotatable bonds is 8. The van der Waals surface area contributed by atoms with Crippen molar-refractivity contribution in [3.05, 3.63) is 0 Å². The van der Waals surface area contributed by atoms with E-state index in [2.05, 4.69) is 5.32 Å². The molecule has 0 aromatic heterocycles. The summed E-state index contributed by atoms with van der Waals surface area (Å²) in [7, 11) is 0. The Kier molecular flexibility index (Phi) is 6.80. The quantitative estimate of drug-likeness (QED) is 0.596. The predicted octanol–water partition coefficient (Wildman–Crippen LogP) is 1.12. The Labute approximate surface area is 103 Å². The monoisotopic (exact) mass is 244 g/mol. The molecule has 0 fully saturated rings. The molecule has 0 aliphatic carbocycles. The normalized spacial score (nSPS) is 16.0. The van der Waals surface area contributed by atoms with Crippen molar-refractivity contribution in [2.24, 2.45) is 11.1 Å². The molecule has 0 rings (SSSR count). The number of nitrogens with one attached hydrogen (secondary N) is 1. The summed E-state index contributed by atoms with van der Waals surface area (Å²) in [5.74, 6) is -1.06. The number of carbonyl (C=O) groups excluding carboxylic acids is 1. The average Bonchev–Trinajstić information content (AvgIpc) is 2.25. The zero-order valence-electron chi connectivity index (χ0n) is 11.0. The van der Waals surface area contributed by atoms with E-state index in [0.717, 1.165) is 12.8 Å². The number of amides is 1. The van der Waals surface area contributed by atoms with E-state index in [1.807, 2.05) is 6.92 Å². The lowest BCUT2D eigenvalue weighted by Crippen LogP contribution is -2.42. The molecule has 0 saturated heterocycles. The first-order chi connectivity index (χ1) is 7.85. The van der Waals surface area contributed by atoms with Gasteiger partial charge in [0.15, 0.2) is 0 Å². The summed E-state index contributed by atoms with van der Waals surface area (Å²) in [6.45, 7) is 5.58. The molecule has 0 saturated carbocycles. The largest absolute Gasteiger partial charge is 0.481 e. The molecule has 5 nitrogen and oxygen atoms in total. The minimum Gasteiger partial charge on any atom is -0.481 e. The summed E-state index contributed by atoms with van der Waals surface area (Å²) in [6, 6.07) is -0.141. The maximum absolute atomic E-state index is 11.5. The topological polar surface area (TPSA) is 92.4 Å². The minimum absolute atomic E-state index is 0.141. The third-order valence-corrected chi connectivity index (χ3v) is 3.08. The van der Waals surface area contributed by atoms with E-state index in [-0.39, 0.29) is 24.9 Å². The Morgan fingerprint density at radius 3 is 2.41 bits per heavy atom. The third kappa shape index (κ3) is 5.68. The summed E-state index contributed by atoms with van der Waals surface area (Å²) in [4.78, 5) is 22.5. The molecule has 1 amide bonds. The Hall–Kier alpha value is -1.10. The minimum atomic E-state index is -0.898. The van der Waals surface area contributed by atoms with E-state index in [9.17, 15) is 9.59 Å². The molecule has 0 aromatic rings. The molecule has 0 bridgehead atoms. The second-order valence-electron chi connectivity index (χ2n) is 4.75. The Morgan fingerprint density at radius 1 is 1.41 bits per heavy atom. The van der Waals surface area contributed by atoms with Gasteiger partial charge in [0.2, 0.25) is 5.91 Å². The van der Waals surface area contributed by atoms with E-state index in [0.29, 0.717) is 6.42 Å². The molecule has 17 heavy (non-hydrogen) atoms. The fraction of sp³-hybridized carbons (Fsp3) is 0.833. The van der Waals surface area contributed by atoms with Crippen molar-refractivity contribution < 1.29 is 14.7 Å². The van der Waals surface area contributed by atoms with Crippen LogP contribution in [0.3, 0.4) is 0 Å². The maximum atomic E-state index is 11.5. The van der Waals surface area contributed by atoms with Crippen LogP contribution >= 0.6 is 0 Å². The molecule has 2 unspecified atom stereocenters. The van der Waals surface area contributed by atoms with Crippen molar-refractivity contribution in [2.45, 2.75) is 52.5 Å². The molecule has 0 aliphatic heterocycles. The van der Waals surface area contributed by atoms with Gasteiger partial charge in [-0.15, -0.1) is 0 Å². The molecule has 100 valence electrons. The maximum Gasteiger partial charge on any atom is 0.311 e. The number of aliphatic carboxylic acids is 1. The number of carboxylic acids is 1. The number of hydrogen-bond donors (Lipinski definition) is 3. The first-order valence-electron chi connectivity index (χ1n) is 6.11. The van der Waals surface area contributed by atoms with Crippen molar-refractivity contribution in [1.82, 2.24) is 5.32 Å². The fourth-order valence-electron chi connectivity index (χ4n) is 1.43. The van der Waals surface area contributed by atoms with Crippen LogP contribution in [0.4, 0.5) is 0 Å². The zero-order chi connectivity index (χ0) is 13.5. The van der Waals surface area contributed by atoms with Gasteiger partial charge in [-0.1, -0.05) is 20.3 Å². The van der Waals surface area contributed by atoms with Crippen LogP contribution in [-0.4, -0.2) is 29.6 Å². The molecule has 0 aliphatic rings. The van der Waals surface area contributed by atoms with Crippen LogP contribution in [0.15, 0.2) is 0 Å². The van der Waals surface area contributed by atoms with Crippen molar-refractivity contribution in [3.63, 3.8) is 0 Å². The highest BCUT2D eigenvalue weighted by Gasteiger charge is 2.31. The summed E-state index contributed by atoms with van der Waals surface area (Å²) in [6.07, 6.45) is 2.48. The first kappa shape index (κ1) is 15.9. The molecular weight excluding hydrogens is 220 g/mol. The van der Waals surface area contributed by atoms with Gasteiger partial charge in [0.1, 0.15) is 0 Å². The van der Waals surface area contributed by atoms with Gasteiger partial charge in [0.25, 0.3) is 0 Å². The van der Waals surface area contributed by atoms with Gasteiger partial charge in [0, 0.05) is 19.0 Å². The second kappa shape index (κ2) is 7.27. The van der Waals surface area contributed by atoms with Gasteiger partial charge >= 0.3 is 5.97 Å². The van der Waals surface area contributed by atoms with Crippen molar-refractivity contribution >= 4 is 11.9 Å². The molecule has 0 aromatic carbocycles. The molecule has 0 radical (unpaired) electrons. The number of nitrogens with two attached hydrogens (primary N) is 1. The van der Waals surface area contributed by atoms with Crippen LogP contribution in [0.25, 0.3) is 0 Å². The summed E-state index contributed by atoms with van der Waals surface area (Å²) in [5.41, 5.74) is 4.84. The number of carboxylic acid groups (broad SMARTS) is 1. The Balaban J connectivity index is 4.10. The first-order valence-corrected chi connectivity index (χ1v) is 6.11. The van der Waals surface area contributed by atoms with E-state index in [1.165, 1.54) is 0 Å². The lowest BCUT2D eigenvalue weighted by Gasteiger charge is -2.23. The van der Waals surface area contributed by atoms with Gasteiger partial charge in [-0.2, -0.15) is 0 Å². The second-order valence-corrected chi connectivity index (χ2v) is 4.75. The third-order valence-electron chi connectivity index (χ3n) is 3.08. The average molecular weight is 244 g/mol. The van der Waals surface area contributed by atoms with Gasteiger partial charge in [0.05, 0.1) is 5.41 Å². The standard InChI is InChI=1S/C12H24N2O3/c1-4-6-9(13)7-10(15)14-8-12(3,5-2)11(16)17/h9H,4-8,13H2,1-3H3,(H,14,15)(H,16,17). The highest BCUT2D eigenvalue weighted by Crippen LogP contribution is 2.19. The van der Waals surface area contributed by atoms with Crippen LogP contribution in [-0.2, 0) is 9.59 Å². The smallest absolute Gasteiger partial charge is 0.311 e. The highest BCUT2D eigenvalue weighted by atomic mass is 16.4. The summed E-state index contributed by atoms with van der Waals surface area (Å²) >= 11 is 0. The van der Waals surface area contributed by atoms with E-state index < -0.39 is 11.4 Å². The van der Waals surface area contributed by atoms with Gasteiger partial charge < -0.3 is 16.2 Å². The van der Waals surface area contributed by atoms with Crippen LogP contribution in [0, 0.1) is 5.41 Å². The molecule has 0 spiro atoms. The Bertz CT molecular complexity index is 268. The van der Waals surface area contributed by atoms with E-state index in [4.69, 9.17) is 10.8 Å². The zero-order valence-corrected chi connectivity index (χ0v) is 11.0. The van der Waals surface area contributed by atoms with E-state index >= 15 is 0 Å². The summed E-state index contributed by atoms with van der Waals surface area (Å²) in [5, 5.41) is 11.7. The van der Waals surface area contributed by atoms with Crippen LogP contribution in [0.2, 0.25) is 0 Å². The van der Waals surface area contributed by atoms with Crippen LogP contribution < -0.4 is 11.1 Å². The molecule has 4 N–H and O–H groups in total. The molecule has 0 heterocycles. The predicted molar refractivity (Wildman–Crippen MR) is 66.5 cm³/mol. The molecule has 5 heteroatoms. The van der Waals surface area contributed by atoms with Gasteiger partial charge in [-0.3, -0.25) is 9.59 Å². The van der Waals surface area contributed by atoms with Gasteiger partial charge in [-0.25, -0.2) is 0 Å². The van der Waals surface area contributed by atoms with E-state index in [1.54, 1.807) is 13.8 Å². The van der Waals surface area contributed by atoms with Crippen LogP contribution in [0.5, 0.6) is 0 Å². The SMILES string of the molecule is CCCC(N)CC(=O)NCC(C)(CC)C(=O)O. The Morgan fingerprint density at radius 2 is 2.00 bits per heavy atom. The van der Waals surface area contributed by atoms with Crippen molar-refractivity contribution in [1.29, 1.82) is 0 Å². The van der Waals surface area contributed by atoms with Crippen molar-refractivity contribution in [3.8, 4) is 0 Å². The highest BCUT2D eigenvalue weighted by molar-refractivity contribution is 5.79. The fourth-order valence-corrected chi connectivity index (χ4v) is 1.43. The lowest BCUT2D eigenvalue weighted by atomic mass is 9.87. The number of carbonyl (C=O) groups is 2. The van der Waals surface area contributed by atoms with Gasteiger partial charge in [-0.05, 0) is 19.8 Å². The van der Waals surface area contributed by atoms with Crippen LogP contribution in [0.1, 0.15) is 46.5 Å². The molecule has 2 atom stereocenters.